The molecule has 21 heavy (non-hydrogen) atoms. The largest absolute Gasteiger partial charge is 0.494 e. The number of carbonyl (C=O) groups is 1. The number of ether oxygens (including phenoxy) is 1. The first-order chi connectivity index (χ1) is 10.2. The number of aliphatic carboxylic acids is 1. The number of hydrogen-bond donors (Lipinski definition) is 2. The Morgan fingerprint density at radius 1 is 1.48 bits per heavy atom. The third-order valence-electron chi connectivity index (χ3n) is 3.96. The summed E-state index contributed by atoms with van der Waals surface area (Å²) in [5.41, 5.74) is 3.53. The molecule has 0 radical (unpaired) electrons. The molecule has 0 atom stereocenters. The summed E-state index contributed by atoms with van der Waals surface area (Å²) in [6.45, 7) is 5.26. The molecular formula is C16H20N2O3. The van der Waals surface area contributed by atoms with Gasteiger partial charge >= 0.3 is 5.97 Å². The van der Waals surface area contributed by atoms with E-state index in [0.717, 1.165) is 36.3 Å². The van der Waals surface area contributed by atoms with Crippen molar-refractivity contribution in [1.29, 1.82) is 0 Å². The first-order valence-corrected chi connectivity index (χ1v) is 7.40. The van der Waals surface area contributed by atoms with Crippen LogP contribution in [0.15, 0.2) is 18.2 Å². The van der Waals surface area contributed by atoms with Crippen molar-refractivity contribution in [3.63, 3.8) is 0 Å². The number of nitrogens with zero attached hydrogens (tertiary/aromatic N) is 1. The van der Waals surface area contributed by atoms with Crippen molar-refractivity contribution in [2.75, 3.05) is 13.2 Å². The number of aryl methyl sites for hydroxylation is 1. The molecule has 0 aliphatic carbocycles. The summed E-state index contributed by atoms with van der Waals surface area (Å²) in [5.74, 6) is 0.0883. The van der Waals surface area contributed by atoms with Gasteiger partial charge in [0.25, 0.3) is 0 Å². The lowest BCUT2D eigenvalue weighted by molar-refractivity contribution is -0.136. The lowest BCUT2D eigenvalue weighted by Gasteiger charge is -2.18. The molecule has 0 fully saturated rings. The lowest BCUT2D eigenvalue weighted by atomic mass is 10.0. The Hall–Kier alpha value is -2.01. The summed E-state index contributed by atoms with van der Waals surface area (Å²) in [6.07, 6.45) is 0.719. The fraction of sp³-hybridized carbons (Fsp3) is 0.438. The zero-order valence-electron chi connectivity index (χ0n) is 12.2. The van der Waals surface area contributed by atoms with Gasteiger partial charge < -0.3 is 19.7 Å². The number of carboxylic acids is 1. The van der Waals surface area contributed by atoms with Crippen LogP contribution in [0.3, 0.4) is 0 Å². The third-order valence-corrected chi connectivity index (χ3v) is 3.96. The Morgan fingerprint density at radius 3 is 3.10 bits per heavy atom. The molecule has 2 heterocycles. The Bertz CT molecular complexity index is 676. The Labute approximate surface area is 123 Å². The number of fused-ring (bicyclic) bond motifs is 3. The summed E-state index contributed by atoms with van der Waals surface area (Å²) in [4.78, 5) is 10.9. The summed E-state index contributed by atoms with van der Waals surface area (Å²) in [7, 11) is 0. The average molecular weight is 288 g/mol. The molecule has 1 aliphatic heterocycles. The van der Waals surface area contributed by atoms with Crippen LogP contribution in [0.25, 0.3) is 10.9 Å². The Kier molecular flexibility index (Phi) is 3.84. The predicted octanol–water partition coefficient (Wildman–Crippen LogP) is 2.16. The molecule has 0 saturated heterocycles. The standard InChI is InChI=1S/C16H20N2O3/c1-2-21-11-3-5-14-13(9-11)12(4-6-16(19)20)15-10-17-7-8-18(14)15/h3,5,9,17H,2,4,6-8,10H2,1H3,(H,19,20). The smallest absolute Gasteiger partial charge is 0.303 e. The van der Waals surface area contributed by atoms with Crippen molar-refractivity contribution < 1.29 is 14.6 Å². The van der Waals surface area contributed by atoms with Crippen LogP contribution >= 0.6 is 0 Å². The topological polar surface area (TPSA) is 63.5 Å². The lowest BCUT2D eigenvalue weighted by Crippen LogP contribution is -2.28. The van der Waals surface area contributed by atoms with Gasteiger partial charge in [-0.15, -0.1) is 0 Å². The van der Waals surface area contributed by atoms with Crippen molar-refractivity contribution in [2.24, 2.45) is 0 Å². The minimum Gasteiger partial charge on any atom is -0.494 e. The highest BCUT2D eigenvalue weighted by atomic mass is 16.5. The fourth-order valence-electron chi connectivity index (χ4n) is 3.08. The van der Waals surface area contributed by atoms with Gasteiger partial charge in [0.1, 0.15) is 5.75 Å². The van der Waals surface area contributed by atoms with Gasteiger partial charge in [0.05, 0.1) is 6.61 Å². The molecule has 2 aromatic rings. The quantitative estimate of drug-likeness (QED) is 0.885. The van der Waals surface area contributed by atoms with Crippen LogP contribution in [0.2, 0.25) is 0 Å². The summed E-state index contributed by atoms with van der Waals surface area (Å²) in [6, 6.07) is 6.11. The van der Waals surface area contributed by atoms with E-state index in [1.165, 1.54) is 11.2 Å². The molecule has 0 unspecified atom stereocenters. The number of hydrogen-bond acceptors (Lipinski definition) is 3. The van der Waals surface area contributed by atoms with Crippen LogP contribution in [0.5, 0.6) is 5.75 Å². The van der Waals surface area contributed by atoms with Crippen molar-refractivity contribution in [3.05, 3.63) is 29.5 Å². The van der Waals surface area contributed by atoms with E-state index in [-0.39, 0.29) is 6.42 Å². The number of aromatic nitrogens is 1. The summed E-state index contributed by atoms with van der Waals surface area (Å²) < 4.78 is 7.89. The molecule has 3 rings (SSSR count). The predicted molar refractivity (Wildman–Crippen MR) is 80.8 cm³/mol. The zero-order valence-corrected chi connectivity index (χ0v) is 12.2. The minimum atomic E-state index is -0.757. The highest BCUT2D eigenvalue weighted by Gasteiger charge is 2.20. The fourth-order valence-corrected chi connectivity index (χ4v) is 3.08. The van der Waals surface area contributed by atoms with Gasteiger partial charge in [-0.2, -0.15) is 0 Å². The number of rotatable bonds is 5. The molecule has 112 valence electrons. The van der Waals surface area contributed by atoms with E-state index in [9.17, 15) is 4.79 Å². The molecule has 1 aliphatic rings. The van der Waals surface area contributed by atoms with Crippen LogP contribution in [0.4, 0.5) is 0 Å². The first kappa shape index (κ1) is 13.9. The van der Waals surface area contributed by atoms with E-state index in [2.05, 4.69) is 16.0 Å². The van der Waals surface area contributed by atoms with E-state index in [1.807, 2.05) is 19.1 Å². The molecule has 5 heteroatoms. The monoisotopic (exact) mass is 288 g/mol. The Balaban J connectivity index is 2.11. The molecule has 5 nitrogen and oxygen atoms in total. The average Bonchev–Trinajstić information content (AvgIpc) is 2.79. The zero-order chi connectivity index (χ0) is 14.8. The number of nitrogens with one attached hydrogen (secondary N) is 1. The maximum atomic E-state index is 10.9. The molecule has 0 bridgehead atoms. The second-order valence-electron chi connectivity index (χ2n) is 5.26. The van der Waals surface area contributed by atoms with E-state index in [1.54, 1.807) is 0 Å². The van der Waals surface area contributed by atoms with E-state index in [0.29, 0.717) is 13.0 Å². The van der Waals surface area contributed by atoms with Crippen LogP contribution in [0, 0.1) is 0 Å². The third kappa shape index (κ3) is 2.61. The summed E-state index contributed by atoms with van der Waals surface area (Å²) in [5, 5.41) is 13.5. The van der Waals surface area contributed by atoms with Crippen molar-refractivity contribution in [2.45, 2.75) is 32.9 Å². The molecule has 2 N–H and O–H groups in total. The second-order valence-corrected chi connectivity index (χ2v) is 5.26. The van der Waals surface area contributed by atoms with E-state index in [4.69, 9.17) is 9.84 Å². The number of carboxylic acid groups (broad SMARTS) is 1. The second kappa shape index (κ2) is 5.77. The number of benzene rings is 1. The van der Waals surface area contributed by atoms with Crippen LogP contribution < -0.4 is 10.1 Å². The molecule has 0 amide bonds. The maximum Gasteiger partial charge on any atom is 0.303 e. The van der Waals surface area contributed by atoms with Crippen molar-refractivity contribution >= 4 is 16.9 Å². The Morgan fingerprint density at radius 2 is 2.33 bits per heavy atom. The molecule has 1 aromatic heterocycles. The van der Waals surface area contributed by atoms with Crippen molar-refractivity contribution in [3.8, 4) is 5.75 Å². The van der Waals surface area contributed by atoms with Crippen LogP contribution in [-0.2, 0) is 24.3 Å². The van der Waals surface area contributed by atoms with Crippen LogP contribution in [-0.4, -0.2) is 28.8 Å². The van der Waals surface area contributed by atoms with Gasteiger partial charge in [0, 0.05) is 42.7 Å². The van der Waals surface area contributed by atoms with Crippen LogP contribution in [0.1, 0.15) is 24.6 Å². The first-order valence-electron chi connectivity index (χ1n) is 7.40. The molecule has 0 spiro atoms. The highest BCUT2D eigenvalue weighted by Crippen LogP contribution is 2.31. The van der Waals surface area contributed by atoms with Gasteiger partial charge in [-0.3, -0.25) is 4.79 Å². The van der Waals surface area contributed by atoms with Gasteiger partial charge in [-0.05, 0) is 37.1 Å². The minimum absolute atomic E-state index is 0.158. The molecular weight excluding hydrogens is 268 g/mol. The summed E-state index contributed by atoms with van der Waals surface area (Å²) >= 11 is 0. The molecule has 1 aromatic carbocycles. The normalized spacial score (nSPS) is 14.1. The van der Waals surface area contributed by atoms with Gasteiger partial charge in [-0.25, -0.2) is 0 Å². The SMILES string of the molecule is CCOc1ccc2c(c1)c(CCC(=O)O)c1n2CCNC1. The van der Waals surface area contributed by atoms with Gasteiger partial charge in [0.2, 0.25) is 0 Å². The van der Waals surface area contributed by atoms with Gasteiger partial charge in [-0.1, -0.05) is 0 Å². The van der Waals surface area contributed by atoms with Crippen molar-refractivity contribution in [1.82, 2.24) is 9.88 Å². The highest BCUT2D eigenvalue weighted by molar-refractivity contribution is 5.87. The van der Waals surface area contributed by atoms with E-state index >= 15 is 0 Å². The maximum absolute atomic E-state index is 10.9. The van der Waals surface area contributed by atoms with E-state index < -0.39 is 5.97 Å². The molecule has 0 saturated carbocycles. The van der Waals surface area contributed by atoms with Gasteiger partial charge in [0.15, 0.2) is 0 Å².